The zero-order valence-electron chi connectivity index (χ0n) is 7.89. The second-order valence-electron chi connectivity index (χ2n) is 2.92. The molecule has 0 aliphatic rings. The monoisotopic (exact) mass is 258 g/mol. The fourth-order valence-corrected chi connectivity index (χ4v) is 1.13. The van der Waals surface area contributed by atoms with Gasteiger partial charge in [-0.3, -0.25) is 4.79 Å². The third kappa shape index (κ3) is 3.11. The zero-order chi connectivity index (χ0) is 13.3. The summed E-state index contributed by atoms with van der Waals surface area (Å²) in [5.41, 5.74) is -3.73. The largest absolute Gasteiger partial charge is 0.429 e. The van der Waals surface area contributed by atoms with Crippen molar-refractivity contribution in [1.82, 2.24) is 0 Å². The van der Waals surface area contributed by atoms with Crippen LogP contribution >= 0.6 is 0 Å². The van der Waals surface area contributed by atoms with Gasteiger partial charge in [-0.25, -0.2) is 0 Å². The van der Waals surface area contributed by atoms with Crippen molar-refractivity contribution >= 4 is 6.47 Å². The van der Waals surface area contributed by atoms with Crippen molar-refractivity contribution in [3.63, 3.8) is 0 Å². The van der Waals surface area contributed by atoms with Crippen molar-refractivity contribution < 1.29 is 35.9 Å². The number of carbonyl (C=O) groups is 1. The highest BCUT2D eigenvalue weighted by Crippen LogP contribution is 2.41. The summed E-state index contributed by atoms with van der Waals surface area (Å²) in [6.07, 6.45) is -10.3. The van der Waals surface area contributed by atoms with Crippen molar-refractivity contribution in [2.45, 2.75) is 12.4 Å². The van der Waals surface area contributed by atoms with E-state index < -0.39 is 29.2 Å². The van der Waals surface area contributed by atoms with Crippen molar-refractivity contribution in [2.24, 2.45) is 0 Å². The molecule has 0 aliphatic heterocycles. The molecule has 0 radical (unpaired) electrons. The predicted octanol–water partition coefficient (Wildman–Crippen LogP) is 3.26. The van der Waals surface area contributed by atoms with Crippen LogP contribution in [-0.2, 0) is 17.1 Å². The lowest BCUT2D eigenvalue weighted by Crippen LogP contribution is -2.16. The van der Waals surface area contributed by atoms with E-state index in [1.54, 1.807) is 0 Å². The van der Waals surface area contributed by atoms with Crippen molar-refractivity contribution in [3.8, 4) is 5.75 Å². The highest BCUT2D eigenvalue weighted by Gasteiger charge is 2.43. The van der Waals surface area contributed by atoms with Gasteiger partial charge in [-0.1, -0.05) is 0 Å². The van der Waals surface area contributed by atoms with E-state index in [2.05, 4.69) is 4.74 Å². The molecule has 8 heteroatoms. The van der Waals surface area contributed by atoms with Gasteiger partial charge in [0.25, 0.3) is 6.47 Å². The predicted molar refractivity (Wildman–Crippen MR) is 43.1 cm³/mol. The molecule has 0 bridgehead atoms. The van der Waals surface area contributed by atoms with E-state index in [9.17, 15) is 31.1 Å². The van der Waals surface area contributed by atoms with Crippen LogP contribution in [0.5, 0.6) is 5.75 Å². The lowest BCUT2D eigenvalue weighted by atomic mass is 10.1. The van der Waals surface area contributed by atoms with Crippen LogP contribution in [0.1, 0.15) is 11.1 Å². The molecule has 0 N–H and O–H groups in total. The molecule has 0 saturated heterocycles. The number of hydrogen-bond donors (Lipinski definition) is 0. The molecular weight excluding hydrogens is 254 g/mol. The summed E-state index contributed by atoms with van der Waals surface area (Å²) in [5, 5.41) is 0. The lowest BCUT2D eigenvalue weighted by molar-refractivity contribution is -0.162. The average molecular weight is 258 g/mol. The van der Waals surface area contributed by atoms with Gasteiger partial charge in [0.05, 0.1) is 11.1 Å². The highest BCUT2D eigenvalue weighted by atomic mass is 19.4. The Labute approximate surface area is 90.8 Å². The second kappa shape index (κ2) is 4.27. The van der Waals surface area contributed by atoms with Crippen LogP contribution in [0.25, 0.3) is 0 Å². The Hall–Kier alpha value is -1.73. The maximum absolute atomic E-state index is 12.4. The summed E-state index contributed by atoms with van der Waals surface area (Å²) in [6, 6.07) is 0.964. The first-order valence-corrected chi connectivity index (χ1v) is 4.05. The molecule has 0 unspecified atom stereocenters. The molecule has 0 fully saturated rings. The van der Waals surface area contributed by atoms with E-state index in [0.717, 1.165) is 0 Å². The SMILES string of the molecule is O=COc1ccc(C(F)(F)F)c(C(F)(F)F)c1. The molecule has 1 aromatic rings. The Morgan fingerprint density at radius 1 is 0.941 bits per heavy atom. The molecule has 1 rings (SSSR count). The summed E-state index contributed by atoms with van der Waals surface area (Å²) in [5.74, 6) is -0.611. The fourth-order valence-electron chi connectivity index (χ4n) is 1.13. The summed E-state index contributed by atoms with van der Waals surface area (Å²) in [4.78, 5) is 9.89. The van der Waals surface area contributed by atoms with E-state index in [1.807, 2.05) is 0 Å². The normalized spacial score (nSPS) is 12.4. The first-order chi connectivity index (χ1) is 7.66. The lowest BCUT2D eigenvalue weighted by Gasteiger charge is -2.15. The number of halogens is 6. The number of rotatable bonds is 2. The molecule has 0 aromatic heterocycles. The van der Waals surface area contributed by atoms with Crippen LogP contribution < -0.4 is 4.74 Å². The Bertz CT molecular complexity index is 420. The van der Waals surface area contributed by atoms with Gasteiger partial charge in [-0.2, -0.15) is 26.3 Å². The topological polar surface area (TPSA) is 26.3 Å². The maximum Gasteiger partial charge on any atom is 0.417 e. The van der Waals surface area contributed by atoms with Gasteiger partial charge in [0.2, 0.25) is 0 Å². The van der Waals surface area contributed by atoms with E-state index in [4.69, 9.17) is 0 Å². The second-order valence-corrected chi connectivity index (χ2v) is 2.92. The third-order valence-corrected chi connectivity index (χ3v) is 1.79. The van der Waals surface area contributed by atoms with Gasteiger partial charge in [-0.05, 0) is 18.2 Å². The summed E-state index contributed by atoms with van der Waals surface area (Å²) < 4.78 is 78.0. The summed E-state index contributed by atoms with van der Waals surface area (Å²) >= 11 is 0. The molecule has 0 amide bonds. The van der Waals surface area contributed by atoms with Gasteiger partial charge in [0, 0.05) is 0 Å². The molecule has 0 atom stereocenters. The Kier molecular flexibility index (Phi) is 3.35. The van der Waals surface area contributed by atoms with Crippen LogP contribution in [0.15, 0.2) is 18.2 Å². The molecule has 2 nitrogen and oxygen atoms in total. The third-order valence-electron chi connectivity index (χ3n) is 1.79. The van der Waals surface area contributed by atoms with Crippen LogP contribution in [0.2, 0.25) is 0 Å². The summed E-state index contributed by atoms with van der Waals surface area (Å²) in [6.45, 7) is -0.178. The molecule has 0 heterocycles. The van der Waals surface area contributed by atoms with Crippen LogP contribution in [0.3, 0.4) is 0 Å². The molecule has 94 valence electrons. The van der Waals surface area contributed by atoms with Gasteiger partial charge in [0.15, 0.2) is 0 Å². The van der Waals surface area contributed by atoms with Crippen LogP contribution in [-0.4, -0.2) is 6.47 Å². The number of carbonyl (C=O) groups excluding carboxylic acids is 1. The van der Waals surface area contributed by atoms with Crippen molar-refractivity contribution in [1.29, 1.82) is 0 Å². The summed E-state index contributed by atoms with van der Waals surface area (Å²) in [7, 11) is 0. The number of benzene rings is 1. The van der Waals surface area contributed by atoms with Crippen molar-refractivity contribution in [3.05, 3.63) is 29.3 Å². The van der Waals surface area contributed by atoms with Gasteiger partial charge in [-0.15, -0.1) is 0 Å². The Balaban J connectivity index is 3.37. The zero-order valence-corrected chi connectivity index (χ0v) is 7.89. The molecule has 17 heavy (non-hydrogen) atoms. The minimum Gasteiger partial charge on any atom is -0.429 e. The molecule has 0 saturated carbocycles. The Morgan fingerprint density at radius 2 is 1.47 bits per heavy atom. The minimum absolute atomic E-state index is 0.122. The average Bonchev–Trinajstić information content (AvgIpc) is 2.15. The van der Waals surface area contributed by atoms with Gasteiger partial charge >= 0.3 is 12.4 Å². The fraction of sp³-hybridized carbons (Fsp3) is 0.222. The van der Waals surface area contributed by atoms with E-state index >= 15 is 0 Å². The molecule has 1 aromatic carbocycles. The number of hydrogen-bond acceptors (Lipinski definition) is 2. The first kappa shape index (κ1) is 13.3. The Morgan fingerprint density at radius 3 is 1.88 bits per heavy atom. The standard InChI is InChI=1S/C9H4F6O2/c10-8(11,12)6-2-1-5(17-4-16)3-7(6)9(13,14)15/h1-4H. The van der Waals surface area contributed by atoms with Crippen LogP contribution in [0, 0.1) is 0 Å². The molecule has 0 aliphatic carbocycles. The number of ether oxygens (including phenoxy) is 1. The van der Waals surface area contributed by atoms with E-state index in [0.29, 0.717) is 6.07 Å². The van der Waals surface area contributed by atoms with E-state index in [1.165, 1.54) is 0 Å². The van der Waals surface area contributed by atoms with Crippen LogP contribution in [0.4, 0.5) is 26.3 Å². The van der Waals surface area contributed by atoms with Gasteiger partial charge in [0.1, 0.15) is 5.75 Å². The molecular formula is C9H4F6O2. The number of alkyl halides is 6. The highest BCUT2D eigenvalue weighted by molar-refractivity contribution is 5.48. The van der Waals surface area contributed by atoms with Crippen molar-refractivity contribution in [2.75, 3.05) is 0 Å². The minimum atomic E-state index is -5.19. The smallest absolute Gasteiger partial charge is 0.417 e. The van der Waals surface area contributed by atoms with E-state index in [-0.39, 0.29) is 18.6 Å². The first-order valence-electron chi connectivity index (χ1n) is 4.05. The maximum atomic E-state index is 12.4. The molecule has 0 spiro atoms. The van der Waals surface area contributed by atoms with Gasteiger partial charge < -0.3 is 4.74 Å². The quantitative estimate of drug-likeness (QED) is 0.601.